The molecule has 0 unspecified atom stereocenters. The van der Waals surface area contributed by atoms with E-state index in [9.17, 15) is 16.8 Å². The van der Waals surface area contributed by atoms with E-state index in [2.05, 4.69) is 9.97 Å². The third kappa shape index (κ3) is 5.83. The first kappa shape index (κ1) is 16.8. The maximum absolute atomic E-state index is 10.6. The Morgan fingerprint density at radius 1 is 0.850 bits per heavy atom. The zero-order chi connectivity index (χ0) is 15.2. The highest BCUT2D eigenvalue weighted by Crippen LogP contribution is 2.11. The van der Waals surface area contributed by atoms with Crippen LogP contribution in [-0.2, 0) is 18.1 Å². The maximum Gasteiger partial charge on any atom is 0.278 e. The number of pyridine rings is 2. The van der Waals surface area contributed by atoms with Gasteiger partial charge in [-0.05, 0) is 24.3 Å². The molecule has 0 N–H and O–H groups in total. The van der Waals surface area contributed by atoms with Crippen LogP contribution in [0.1, 0.15) is 0 Å². The van der Waals surface area contributed by atoms with Gasteiger partial charge < -0.3 is 0 Å². The van der Waals surface area contributed by atoms with Gasteiger partial charge in [-0.2, -0.15) is 0 Å². The van der Waals surface area contributed by atoms with E-state index in [0.29, 0.717) is 0 Å². The summed E-state index contributed by atoms with van der Waals surface area (Å²) in [6.45, 7) is 0. The summed E-state index contributed by atoms with van der Waals surface area (Å²) >= 11 is 0. The van der Waals surface area contributed by atoms with Gasteiger partial charge in [-0.3, -0.25) is 4.98 Å². The van der Waals surface area contributed by atoms with Gasteiger partial charge in [0, 0.05) is 40.0 Å². The molecule has 2 heterocycles. The van der Waals surface area contributed by atoms with Crippen LogP contribution in [0, 0.1) is 0 Å². The van der Waals surface area contributed by atoms with Crippen molar-refractivity contribution in [2.45, 2.75) is 9.92 Å². The maximum atomic E-state index is 10.6. The summed E-state index contributed by atoms with van der Waals surface area (Å²) in [4.78, 5) is 7.14. The molecular formula is C10H8Cl2N2O4S2. The molecule has 2 aromatic rings. The molecule has 108 valence electrons. The van der Waals surface area contributed by atoms with Crippen LogP contribution >= 0.6 is 21.4 Å². The monoisotopic (exact) mass is 354 g/mol. The van der Waals surface area contributed by atoms with Gasteiger partial charge in [0.2, 0.25) is 0 Å². The third-order valence-electron chi connectivity index (χ3n) is 1.80. The number of aromatic nitrogens is 2. The smallest absolute Gasteiger partial charge is 0.263 e. The van der Waals surface area contributed by atoms with Crippen LogP contribution in [0.25, 0.3) is 0 Å². The van der Waals surface area contributed by atoms with Crippen molar-refractivity contribution in [3.05, 3.63) is 48.9 Å². The quantitative estimate of drug-likeness (QED) is 0.765. The first-order valence-corrected chi connectivity index (χ1v) is 9.53. The Hall–Kier alpha value is -1.22. The topological polar surface area (TPSA) is 94.1 Å². The van der Waals surface area contributed by atoms with Gasteiger partial charge in [-0.25, -0.2) is 21.8 Å². The largest absolute Gasteiger partial charge is 0.278 e. The Labute approximate surface area is 125 Å². The molecule has 0 radical (unpaired) electrons. The molecule has 0 aliphatic rings. The van der Waals surface area contributed by atoms with Gasteiger partial charge >= 0.3 is 0 Å². The Bertz CT molecular complexity index is 683. The predicted molar refractivity (Wildman–Crippen MR) is 74.6 cm³/mol. The summed E-state index contributed by atoms with van der Waals surface area (Å²) in [5.41, 5.74) is 0. The van der Waals surface area contributed by atoms with E-state index in [0.717, 1.165) is 0 Å². The fourth-order valence-corrected chi connectivity index (χ4v) is 2.39. The summed E-state index contributed by atoms with van der Waals surface area (Å²) in [5, 5.41) is -0.114. The highest BCUT2D eigenvalue weighted by Gasteiger charge is 2.08. The van der Waals surface area contributed by atoms with E-state index < -0.39 is 18.1 Å². The molecule has 0 atom stereocenters. The van der Waals surface area contributed by atoms with Crippen molar-refractivity contribution in [2.75, 3.05) is 0 Å². The minimum absolute atomic E-state index is 0.0247. The van der Waals surface area contributed by atoms with E-state index in [4.69, 9.17) is 21.4 Å². The Morgan fingerprint density at radius 2 is 1.55 bits per heavy atom. The lowest BCUT2D eigenvalue weighted by atomic mass is 10.5. The van der Waals surface area contributed by atoms with Gasteiger partial charge in [0.15, 0.2) is 5.03 Å². The lowest BCUT2D eigenvalue weighted by Crippen LogP contribution is -1.92. The van der Waals surface area contributed by atoms with Crippen LogP contribution in [0.4, 0.5) is 0 Å². The van der Waals surface area contributed by atoms with Crippen LogP contribution in [0.3, 0.4) is 0 Å². The van der Waals surface area contributed by atoms with E-state index in [1.807, 2.05) is 0 Å². The molecule has 0 fully saturated rings. The van der Waals surface area contributed by atoms with E-state index in [-0.39, 0.29) is 9.92 Å². The van der Waals surface area contributed by atoms with Crippen LogP contribution in [0.15, 0.2) is 58.8 Å². The summed E-state index contributed by atoms with van der Waals surface area (Å²) < 4.78 is 42.2. The van der Waals surface area contributed by atoms with Crippen molar-refractivity contribution in [3.8, 4) is 0 Å². The highest BCUT2D eigenvalue weighted by molar-refractivity contribution is 8.14. The fourth-order valence-electron chi connectivity index (χ4n) is 0.983. The van der Waals surface area contributed by atoms with Gasteiger partial charge in [-0.15, -0.1) is 0 Å². The molecule has 0 saturated carbocycles. The van der Waals surface area contributed by atoms with E-state index >= 15 is 0 Å². The lowest BCUT2D eigenvalue weighted by molar-refractivity contribution is 0.605. The molecule has 10 heteroatoms. The van der Waals surface area contributed by atoms with Gasteiger partial charge in [0.1, 0.15) is 4.90 Å². The standard InChI is InChI=1S/2C5H4ClNO2S/c6-10(8,9)5-2-1-3-7-4-5;6-10(8,9)5-3-1-2-4-7-5/h2*1-4H. The van der Waals surface area contributed by atoms with Crippen LogP contribution < -0.4 is 0 Å². The second-order valence-corrected chi connectivity index (χ2v) is 8.31. The van der Waals surface area contributed by atoms with Crippen molar-refractivity contribution in [2.24, 2.45) is 0 Å². The molecule has 0 aliphatic carbocycles. The second kappa shape index (κ2) is 6.98. The minimum Gasteiger partial charge on any atom is -0.263 e. The fraction of sp³-hybridized carbons (Fsp3) is 0. The molecule has 20 heavy (non-hydrogen) atoms. The molecule has 2 rings (SSSR count). The van der Waals surface area contributed by atoms with Gasteiger partial charge in [-0.1, -0.05) is 6.07 Å². The molecule has 2 aromatic heterocycles. The summed E-state index contributed by atoms with van der Waals surface area (Å²) in [7, 11) is 2.72. The number of hydrogen-bond donors (Lipinski definition) is 0. The molecule has 0 aromatic carbocycles. The van der Waals surface area contributed by atoms with Crippen molar-refractivity contribution in [3.63, 3.8) is 0 Å². The number of hydrogen-bond acceptors (Lipinski definition) is 6. The molecule has 0 aliphatic heterocycles. The Morgan fingerprint density at radius 3 is 1.85 bits per heavy atom. The van der Waals surface area contributed by atoms with Crippen LogP contribution in [0.5, 0.6) is 0 Å². The van der Waals surface area contributed by atoms with Gasteiger partial charge in [0.25, 0.3) is 18.1 Å². The second-order valence-electron chi connectivity index (χ2n) is 3.23. The van der Waals surface area contributed by atoms with Crippen LogP contribution in [0.2, 0.25) is 0 Å². The first-order chi connectivity index (χ1) is 9.21. The third-order valence-corrected chi connectivity index (χ3v) is 4.36. The van der Waals surface area contributed by atoms with Crippen LogP contribution in [-0.4, -0.2) is 26.8 Å². The van der Waals surface area contributed by atoms with Crippen molar-refractivity contribution in [1.29, 1.82) is 0 Å². The summed E-state index contributed by atoms with van der Waals surface area (Å²) in [6, 6.07) is 7.40. The zero-order valence-corrected chi connectivity index (χ0v) is 12.9. The Balaban J connectivity index is 0.000000200. The van der Waals surface area contributed by atoms with E-state index in [1.54, 1.807) is 12.1 Å². The lowest BCUT2D eigenvalue weighted by Gasteiger charge is -1.90. The number of rotatable bonds is 2. The van der Waals surface area contributed by atoms with E-state index in [1.165, 1.54) is 36.8 Å². The molecule has 0 amide bonds. The molecule has 0 saturated heterocycles. The summed E-state index contributed by atoms with van der Waals surface area (Å²) in [5.74, 6) is 0. The predicted octanol–water partition coefficient (Wildman–Crippen LogP) is 2.02. The highest BCUT2D eigenvalue weighted by atomic mass is 35.7. The molecule has 0 spiro atoms. The number of nitrogens with zero attached hydrogens (tertiary/aromatic N) is 2. The normalized spacial score (nSPS) is 11.3. The average Bonchev–Trinajstić information content (AvgIpc) is 2.40. The Kier molecular flexibility index (Phi) is 5.88. The minimum atomic E-state index is -3.64. The van der Waals surface area contributed by atoms with Crippen molar-refractivity contribution in [1.82, 2.24) is 9.97 Å². The molecular weight excluding hydrogens is 347 g/mol. The van der Waals surface area contributed by atoms with Gasteiger partial charge in [0.05, 0.1) is 0 Å². The molecule has 0 bridgehead atoms. The number of halogens is 2. The van der Waals surface area contributed by atoms with Crippen molar-refractivity contribution < 1.29 is 16.8 Å². The average molecular weight is 355 g/mol. The van der Waals surface area contributed by atoms with Crippen molar-refractivity contribution >= 4 is 39.5 Å². The summed E-state index contributed by atoms with van der Waals surface area (Å²) in [6.07, 6.45) is 4.04. The SMILES string of the molecule is O=S(=O)(Cl)c1ccccn1.O=S(=O)(Cl)c1cccnc1. The zero-order valence-electron chi connectivity index (χ0n) is 9.72. The molecule has 6 nitrogen and oxygen atoms in total. The first-order valence-electron chi connectivity index (χ1n) is 4.91.